The van der Waals surface area contributed by atoms with E-state index in [0.29, 0.717) is 11.6 Å². The normalized spacial score (nSPS) is 10.4. The van der Waals surface area contributed by atoms with Gasteiger partial charge in [0.1, 0.15) is 11.6 Å². The highest BCUT2D eigenvalue weighted by Gasteiger charge is 2.09. The molecule has 0 bridgehead atoms. The average Bonchev–Trinajstić information content (AvgIpc) is 2.34. The molecule has 2 aromatic rings. The maximum absolute atomic E-state index is 13.3. The van der Waals surface area contributed by atoms with E-state index in [1.807, 2.05) is 0 Å². The summed E-state index contributed by atoms with van der Waals surface area (Å²) >= 11 is 0. The Kier molecular flexibility index (Phi) is 3.50. The molecule has 0 heterocycles. The van der Waals surface area contributed by atoms with Gasteiger partial charge < -0.3 is 5.32 Å². The van der Waals surface area contributed by atoms with Crippen LogP contribution in [0.1, 0.15) is 5.56 Å². The predicted molar refractivity (Wildman–Crippen MR) is 60.0 cm³/mol. The van der Waals surface area contributed by atoms with Crippen LogP contribution in [0.3, 0.4) is 0 Å². The molecule has 0 aliphatic rings. The van der Waals surface area contributed by atoms with Crippen LogP contribution >= 0.6 is 0 Å². The van der Waals surface area contributed by atoms with Crippen molar-refractivity contribution in [1.82, 2.24) is 0 Å². The van der Waals surface area contributed by atoms with E-state index in [1.165, 1.54) is 24.3 Å². The van der Waals surface area contributed by atoms with Gasteiger partial charge in [0, 0.05) is 18.7 Å². The third-order valence-corrected chi connectivity index (χ3v) is 2.41. The molecule has 0 aliphatic heterocycles. The number of halogens is 4. The van der Waals surface area contributed by atoms with Crippen molar-refractivity contribution in [1.29, 1.82) is 0 Å². The van der Waals surface area contributed by atoms with Crippen LogP contribution in [-0.4, -0.2) is 0 Å². The van der Waals surface area contributed by atoms with Gasteiger partial charge in [0.05, 0.1) is 5.69 Å². The minimum atomic E-state index is -1.24. The third kappa shape index (κ3) is 2.80. The summed E-state index contributed by atoms with van der Waals surface area (Å²) in [6.45, 7) is 0.183. The van der Waals surface area contributed by atoms with Gasteiger partial charge in [0.25, 0.3) is 0 Å². The lowest BCUT2D eigenvalue weighted by molar-refractivity contribution is 0.496. The van der Waals surface area contributed by atoms with Gasteiger partial charge in [0.15, 0.2) is 11.6 Å². The molecule has 0 spiro atoms. The Morgan fingerprint density at radius 2 is 1.39 bits per heavy atom. The van der Waals surface area contributed by atoms with Crippen molar-refractivity contribution in [3.63, 3.8) is 0 Å². The van der Waals surface area contributed by atoms with Crippen LogP contribution in [0.25, 0.3) is 0 Å². The van der Waals surface area contributed by atoms with Gasteiger partial charge in [-0.15, -0.1) is 0 Å². The Morgan fingerprint density at radius 3 is 2.06 bits per heavy atom. The highest BCUT2D eigenvalue weighted by atomic mass is 19.2. The molecule has 1 nitrogen and oxygen atoms in total. The average molecular weight is 255 g/mol. The number of nitrogens with one attached hydrogen (secondary N) is 1. The standard InChI is InChI=1S/C13H9F4N/c14-9-3-1-8(2-4-9)7-18-13-6-11(16)10(15)5-12(13)17/h1-6,18H,7H2. The zero-order valence-electron chi connectivity index (χ0n) is 9.18. The lowest BCUT2D eigenvalue weighted by atomic mass is 10.2. The summed E-state index contributed by atoms with van der Waals surface area (Å²) in [5.74, 6) is -3.62. The minimum Gasteiger partial charge on any atom is -0.379 e. The molecular weight excluding hydrogens is 246 g/mol. The van der Waals surface area contributed by atoms with Gasteiger partial charge in [-0.1, -0.05) is 12.1 Å². The second-order valence-corrected chi connectivity index (χ2v) is 3.73. The molecule has 0 amide bonds. The highest BCUT2D eigenvalue weighted by Crippen LogP contribution is 2.19. The van der Waals surface area contributed by atoms with Gasteiger partial charge in [-0.25, -0.2) is 17.6 Å². The number of anilines is 1. The largest absolute Gasteiger partial charge is 0.379 e. The van der Waals surface area contributed by atoms with Crippen LogP contribution in [0.15, 0.2) is 36.4 Å². The van der Waals surface area contributed by atoms with E-state index < -0.39 is 17.5 Å². The molecule has 0 saturated carbocycles. The SMILES string of the molecule is Fc1ccc(CNc2cc(F)c(F)cc2F)cc1. The predicted octanol–water partition coefficient (Wildman–Crippen LogP) is 3.86. The molecule has 2 aromatic carbocycles. The minimum absolute atomic E-state index is 0.141. The Labute approximate surface area is 101 Å². The Morgan fingerprint density at radius 1 is 0.778 bits per heavy atom. The molecule has 5 heteroatoms. The fourth-order valence-electron chi connectivity index (χ4n) is 1.46. The Balaban J connectivity index is 2.10. The Bertz CT molecular complexity index is 552. The zero-order valence-corrected chi connectivity index (χ0v) is 9.18. The topological polar surface area (TPSA) is 12.0 Å². The second kappa shape index (κ2) is 5.08. The molecule has 0 saturated heterocycles. The summed E-state index contributed by atoms with van der Waals surface area (Å²) in [5, 5.41) is 2.61. The van der Waals surface area contributed by atoms with E-state index in [9.17, 15) is 17.6 Å². The zero-order chi connectivity index (χ0) is 13.1. The van der Waals surface area contributed by atoms with E-state index in [2.05, 4.69) is 5.32 Å². The molecule has 2 rings (SSSR count). The molecule has 0 aromatic heterocycles. The summed E-state index contributed by atoms with van der Waals surface area (Å²) in [4.78, 5) is 0. The summed E-state index contributed by atoms with van der Waals surface area (Å²) in [5.41, 5.74) is 0.554. The molecule has 0 radical (unpaired) electrons. The molecule has 0 fully saturated rings. The fourth-order valence-corrected chi connectivity index (χ4v) is 1.46. The maximum Gasteiger partial charge on any atom is 0.161 e. The van der Waals surface area contributed by atoms with Crippen molar-refractivity contribution in [3.8, 4) is 0 Å². The van der Waals surface area contributed by atoms with Gasteiger partial charge in [-0.3, -0.25) is 0 Å². The first-order chi connectivity index (χ1) is 8.56. The van der Waals surface area contributed by atoms with Crippen molar-refractivity contribution in [2.24, 2.45) is 0 Å². The van der Waals surface area contributed by atoms with Crippen LogP contribution in [0, 0.1) is 23.3 Å². The van der Waals surface area contributed by atoms with Crippen LogP contribution in [0.4, 0.5) is 23.2 Å². The molecule has 18 heavy (non-hydrogen) atoms. The smallest absolute Gasteiger partial charge is 0.161 e. The van der Waals surface area contributed by atoms with Crippen LogP contribution < -0.4 is 5.32 Å². The fraction of sp³-hybridized carbons (Fsp3) is 0.0769. The van der Waals surface area contributed by atoms with Crippen molar-refractivity contribution in [2.75, 3.05) is 5.32 Å². The van der Waals surface area contributed by atoms with Crippen molar-refractivity contribution < 1.29 is 17.6 Å². The summed E-state index contributed by atoms with van der Waals surface area (Å²) in [7, 11) is 0. The first-order valence-electron chi connectivity index (χ1n) is 5.19. The molecule has 0 atom stereocenters. The van der Waals surface area contributed by atoms with Crippen LogP contribution in [0.2, 0.25) is 0 Å². The monoisotopic (exact) mass is 255 g/mol. The lowest BCUT2D eigenvalue weighted by Crippen LogP contribution is -2.03. The summed E-state index contributed by atoms with van der Waals surface area (Å²) in [6.07, 6.45) is 0. The molecule has 94 valence electrons. The molecule has 0 aliphatic carbocycles. The van der Waals surface area contributed by atoms with Gasteiger partial charge in [-0.2, -0.15) is 0 Å². The van der Waals surface area contributed by atoms with E-state index >= 15 is 0 Å². The molecular formula is C13H9F4N. The first-order valence-corrected chi connectivity index (χ1v) is 5.19. The van der Waals surface area contributed by atoms with Gasteiger partial charge >= 0.3 is 0 Å². The van der Waals surface area contributed by atoms with Crippen LogP contribution in [-0.2, 0) is 6.54 Å². The van der Waals surface area contributed by atoms with Gasteiger partial charge in [0.2, 0.25) is 0 Å². The quantitative estimate of drug-likeness (QED) is 0.648. The van der Waals surface area contributed by atoms with Crippen molar-refractivity contribution >= 4 is 5.69 Å². The van der Waals surface area contributed by atoms with E-state index in [0.717, 1.165) is 6.07 Å². The Hall–Kier alpha value is -2.04. The van der Waals surface area contributed by atoms with Crippen molar-refractivity contribution in [2.45, 2.75) is 6.54 Å². The highest BCUT2D eigenvalue weighted by molar-refractivity contribution is 5.45. The lowest BCUT2D eigenvalue weighted by Gasteiger charge is -2.08. The number of hydrogen-bond donors (Lipinski definition) is 1. The molecule has 1 N–H and O–H groups in total. The van der Waals surface area contributed by atoms with E-state index in [-0.39, 0.29) is 18.0 Å². The third-order valence-electron chi connectivity index (χ3n) is 2.41. The summed E-state index contributed by atoms with van der Waals surface area (Å²) < 4.78 is 51.5. The number of rotatable bonds is 3. The number of hydrogen-bond acceptors (Lipinski definition) is 1. The van der Waals surface area contributed by atoms with E-state index in [1.54, 1.807) is 0 Å². The molecule has 0 unspecified atom stereocenters. The first kappa shape index (κ1) is 12.4. The second-order valence-electron chi connectivity index (χ2n) is 3.73. The van der Waals surface area contributed by atoms with Crippen LogP contribution in [0.5, 0.6) is 0 Å². The van der Waals surface area contributed by atoms with Gasteiger partial charge in [-0.05, 0) is 17.7 Å². The van der Waals surface area contributed by atoms with Crippen molar-refractivity contribution in [3.05, 3.63) is 65.2 Å². The number of benzene rings is 2. The summed E-state index contributed by atoms with van der Waals surface area (Å²) in [6, 6.07) is 6.77. The maximum atomic E-state index is 13.3. The van der Waals surface area contributed by atoms with E-state index in [4.69, 9.17) is 0 Å².